The third kappa shape index (κ3) is 3.56. The van der Waals surface area contributed by atoms with Crippen LogP contribution in [-0.2, 0) is 4.74 Å². The van der Waals surface area contributed by atoms with Gasteiger partial charge in [0.15, 0.2) is 0 Å². The smallest absolute Gasteiger partial charge is 0.373 e. The molecule has 0 aliphatic carbocycles. The number of hydrogen-bond acceptors (Lipinski definition) is 6. The number of nitrogens with one attached hydrogen (secondary N) is 1. The molecular weight excluding hydrogens is 250 g/mol. The molecule has 1 unspecified atom stereocenters. The van der Waals surface area contributed by atoms with E-state index in [9.17, 15) is 15.0 Å². The zero-order valence-electron chi connectivity index (χ0n) is 11.5. The largest absolute Gasteiger partial charge is 0.463 e. The number of furan rings is 1. The van der Waals surface area contributed by atoms with Gasteiger partial charge in [0.2, 0.25) is 5.76 Å². The van der Waals surface area contributed by atoms with E-state index in [1.807, 2.05) is 13.8 Å². The van der Waals surface area contributed by atoms with E-state index in [0.29, 0.717) is 12.2 Å². The first kappa shape index (κ1) is 15.7. The summed E-state index contributed by atoms with van der Waals surface area (Å²) in [5, 5.41) is 21.9. The van der Waals surface area contributed by atoms with Crippen LogP contribution in [0.15, 0.2) is 16.5 Å². The molecule has 3 N–H and O–H groups in total. The Morgan fingerprint density at radius 1 is 1.47 bits per heavy atom. The van der Waals surface area contributed by atoms with Crippen molar-refractivity contribution in [2.45, 2.75) is 31.8 Å². The second-order valence-corrected chi connectivity index (χ2v) is 4.51. The Morgan fingerprint density at radius 3 is 2.58 bits per heavy atom. The van der Waals surface area contributed by atoms with Crippen LogP contribution in [-0.4, -0.2) is 42.0 Å². The standard InChI is InChI=1S/C13H21NO5/c1-4-13(7-15,8-16)14-9(2)10-5-6-11(19-10)12(17)18-3/h5-6,9,14-16H,4,7-8H2,1-3H3. The number of rotatable bonds is 7. The Hall–Kier alpha value is -1.37. The van der Waals surface area contributed by atoms with Gasteiger partial charge in [-0.15, -0.1) is 0 Å². The van der Waals surface area contributed by atoms with Gasteiger partial charge in [-0.2, -0.15) is 0 Å². The van der Waals surface area contributed by atoms with E-state index in [1.54, 1.807) is 6.07 Å². The molecule has 0 spiro atoms. The molecule has 6 heteroatoms. The SMILES string of the molecule is CCC(CO)(CO)NC(C)c1ccc(C(=O)OC)o1. The number of carbonyl (C=O) groups is 1. The maximum absolute atomic E-state index is 11.3. The molecule has 1 aromatic rings. The Labute approximate surface area is 112 Å². The second-order valence-electron chi connectivity index (χ2n) is 4.51. The normalized spacial score (nSPS) is 13.3. The quantitative estimate of drug-likeness (QED) is 0.637. The molecular formula is C13H21NO5. The molecule has 0 saturated heterocycles. The summed E-state index contributed by atoms with van der Waals surface area (Å²) in [5.41, 5.74) is -0.766. The molecule has 1 heterocycles. The molecule has 0 saturated carbocycles. The molecule has 19 heavy (non-hydrogen) atoms. The van der Waals surface area contributed by atoms with Gasteiger partial charge in [-0.05, 0) is 25.5 Å². The van der Waals surface area contributed by atoms with E-state index >= 15 is 0 Å². The van der Waals surface area contributed by atoms with Crippen LogP contribution in [0.2, 0.25) is 0 Å². The van der Waals surface area contributed by atoms with Gasteiger partial charge in [0.25, 0.3) is 0 Å². The molecule has 0 bridgehead atoms. The van der Waals surface area contributed by atoms with E-state index in [4.69, 9.17) is 4.42 Å². The summed E-state index contributed by atoms with van der Waals surface area (Å²) < 4.78 is 9.94. The summed E-state index contributed by atoms with van der Waals surface area (Å²) in [6, 6.07) is 2.95. The number of aliphatic hydroxyl groups is 2. The summed E-state index contributed by atoms with van der Waals surface area (Å²) in [5.74, 6) is 0.130. The molecule has 6 nitrogen and oxygen atoms in total. The summed E-state index contributed by atoms with van der Waals surface area (Å²) in [6.45, 7) is 3.33. The summed E-state index contributed by atoms with van der Waals surface area (Å²) in [4.78, 5) is 11.3. The predicted octanol–water partition coefficient (Wildman–Crippen LogP) is 0.850. The Kier molecular flexibility index (Phi) is 5.53. The second kappa shape index (κ2) is 6.70. The van der Waals surface area contributed by atoms with Crippen molar-refractivity contribution in [2.24, 2.45) is 0 Å². The maximum atomic E-state index is 11.3. The van der Waals surface area contributed by atoms with E-state index in [1.165, 1.54) is 13.2 Å². The van der Waals surface area contributed by atoms with Crippen molar-refractivity contribution in [1.29, 1.82) is 0 Å². The van der Waals surface area contributed by atoms with Gasteiger partial charge in [0, 0.05) is 0 Å². The fourth-order valence-electron chi connectivity index (χ4n) is 1.79. The molecule has 1 rings (SSSR count). The number of ether oxygens (including phenoxy) is 1. The van der Waals surface area contributed by atoms with Crippen molar-refractivity contribution in [3.63, 3.8) is 0 Å². The van der Waals surface area contributed by atoms with Crippen LogP contribution < -0.4 is 5.32 Å². The lowest BCUT2D eigenvalue weighted by atomic mass is 9.97. The average Bonchev–Trinajstić information content (AvgIpc) is 2.93. The molecule has 1 atom stereocenters. The minimum Gasteiger partial charge on any atom is -0.463 e. The first-order valence-corrected chi connectivity index (χ1v) is 6.19. The maximum Gasteiger partial charge on any atom is 0.373 e. The van der Waals surface area contributed by atoms with Crippen molar-refractivity contribution in [3.05, 3.63) is 23.7 Å². The minimum atomic E-state index is -0.766. The molecule has 0 aromatic carbocycles. The van der Waals surface area contributed by atoms with Gasteiger partial charge < -0.3 is 19.4 Å². The minimum absolute atomic E-state index is 0.126. The van der Waals surface area contributed by atoms with E-state index in [0.717, 1.165) is 0 Å². The topological polar surface area (TPSA) is 91.9 Å². The van der Waals surface area contributed by atoms with E-state index in [2.05, 4.69) is 10.1 Å². The molecule has 0 radical (unpaired) electrons. The Morgan fingerprint density at radius 2 is 2.11 bits per heavy atom. The van der Waals surface area contributed by atoms with Crippen LogP contribution in [0.3, 0.4) is 0 Å². The van der Waals surface area contributed by atoms with Gasteiger partial charge in [-0.3, -0.25) is 5.32 Å². The Bertz CT molecular complexity index is 403. The van der Waals surface area contributed by atoms with E-state index in [-0.39, 0.29) is 25.0 Å². The predicted molar refractivity (Wildman–Crippen MR) is 68.8 cm³/mol. The highest BCUT2D eigenvalue weighted by Gasteiger charge is 2.29. The molecule has 0 aliphatic rings. The molecule has 108 valence electrons. The number of carbonyl (C=O) groups excluding carboxylic acids is 1. The summed E-state index contributed by atoms with van der Waals surface area (Å²) >= 11 is 0. The van der Waals surface area contributed by atoms with Gasteiger partial charge >= 0.3 is 5.97 Å². The van der Waals surface area contributed by atoms with Crippen LogP contribution in [0.5, 0.6) is 0 Å². The highest BCUT2D eigenvalue weighted by Crippen LogP contribution is 2.21. The highest BCUT2D eigenvalue weighted by molar-refractivity contribution is 5.86. The van der Waals surface area contributed by atoms with Gasteiger partial charge in [-0.25, -0.2) is 4.79 Å². The number of hydrogen-bond donors (Lipinski definition) is 3. The van der Waals surface area contributed by atoms with Crippen molar-refractivity contribution in [3.8, 4) is 0 Å². The fourth-order valence-corrected chi connectivity index (χ4v) is 1.79. The van der Waals surface area contributed by atoms with Crippen molar-refractivity contribution in [1.82, 2.24) is 5.32 Å². The summed E-state index contributed by atoms with van der Waals surface area (Å²) in [7, 11) is 1.28. The lowest BCUT2D eigenvalue weighted by Gasteiger charge is -2.32. The monoisotopic (exact) mass is 271 g/mol. The number of esters is 1. The molecule has 0 fully saturated rings. The van der Waals surface area contributed by atoms with Crippen LogP contribution in [0, 0.1) is 0 Å². The Balaban J connectivity index is 2.80. The number of methoxy groups -OCH3 is 1. The molecule has 0 aliphatic heterocycles. The summed E-state index contributed by atoms with van der Waals surface area (Å²) in [6.07, 6.45) is 0.564. The van der Waals surface area contributed by atoms with Crippen molar-refractivity contribution in [2.75, 3.05) is 20.3 Å². The van der Waals surface area contributed by atoms with Crippen molar-refractivity contribution < 1.29 is 24.2 Å². The van der Waals surface area contributed by atoms with Gasteiger partial charge in [0.05, 0.1) is 31.9 Å². The lowest BCUT2D eigenvalue weighted by Crippen LogP contribution is -2.52. The highest BCUT2D eigenvalue weighted by atomic mass is 16.5. The van der Waals surface area contributed by atoms with Crippen LogP contribution in [0.4, 0.5) is 0 Å². The zero-order chi connectivity index (χ0) is 14.5. The van der Waals surface area contributed by atoms with Crippen LogP contribution in [0.1, 0.15) is 42.6 Å². The average molecular weight is 271 g/mol. The van der Waals surface area contributed by atoms with Gasteiger partial charge in [0.1, 0.15) is 5.76 Å². The van der Waals surface area contributed by atoms with Crippen LogP contribution in [0.25, 0.3) is 0 Å². The zero-order valence-corrected chi connectivity index (χ0v) is 11.5. The third-order valence-corrected chi connectivity index (χ3v) is 3.24. The lowest BCUT2D eigenvalue weighted by molar-refractivity contribution is 0.0556. The third-order valence-electron chi connectivity index (χ3n) is 3.24. The molecule has 1 aromatic heterocycles. The van der Waals surface area contributed by atoms with Crippen LogP contribution >= 0.6 is 0 Å². The first-order valence-electron chi connectivity index (χ1n) is 6.19. The number of aliphatic hydroxyl groups excluding tert-OH is 2. The van der Waals surface area contributed by atoms with Crippen molar-refractivity contribution >= 4 is 5.97 Å². The first-order chi connectivity index (χ1) is 9.01. The van der Waals surface area contributed by atoms with Gasteiger partial charge in [-0.1, -0.05) is 6.92 Å². The fraction of sp³-hybridized carbons (Fsp3) is 0.615. The molecule has 0 amide bonds. The van der Waals surface area contributed by atoms with E-state index < -0.39 is 11.5 Å².